The highest BCUT2D eigenvalue weighted by molar-refractivity contribution is 5.20. The van der Waals surface area contributed by atoms with E-state index in [1.54, 1.807) is 12.1 Å². The van der Waals surface area contributed by atoms with Crippen molar-refractivity contribution in [3.8, 4) is 0 Å². The van der Waals surface area contributed by atoms with Crippen molar-refractivity contribution < 1.29 is 4.39 Å². The maximum Gasteiger partial charge on any atom is 0.127 e. The van der Waals surface area contributed by atoms with Crippen LogP contribution >= 0.6 is 0 Å². The average Bonchev–Trinajstić information content (AvgIpc) is 2.42. The summed E-state index contributed by atoms with van der Waals surface area (Å²) in [5.74, 6) is -0.199. The zero-order chi connectivity index (χ0) is 15.0. The van der Waals surface area contributed by atoms with Gasteiger partial charge in [-0.15, -0.1) is 0 Å². The number of hydrogen-bond donors (Lipinski definition) is 1. The van der Waals surface area contributed by atoms with Gasteiger partial charge < -0.3 is 15.5 Å². The van der Waals surface area contributed by atoms with Crippen molar-refractivity contribution >= 4 is 0 Å². The summed E-state index contributed by atoms with van der Waals surface area (Å²) in [6.45, 7) is 6.23. The SMILES string of the molecule is CCCN(CCC(N)c1ccccc1F)CCN(C)C. The summed E-state index contributed by atoms with van der Waals surface area (Å²) in [7, 11) is 4.16. The Kier molecular flexibility index (Phi) is 7.73. The molecule has 1 aromatic rings. The Hall–Kier alpha value is -0.970. The van der Waals surface area contributed by atoms with Crippen LogP contribution < -0.4 is 5.73 Å². The molecule has 0 bridgehead atoms. The van der Waals surface area contributed by atoms with E-state index in [1.165, 1.54) is 6.07 Å². The lowest BCUT2D eigenvalue weighted by molar-refractivity contribution is 0.233. The lowest BCUT2D eigenvalue weighted by Crippen LogP contribution is -2.34. The molecular formula is C16H28FN3. The molecule has 20 heavy (non-hydrogen) atoms. The van der Waals surface area contributed by atoms with Crippen LogP contribution in [0.4, 0.5) is 4.39 Å². The minimum Gasteiger partial charge on any atom is -0.324 e. The van der Waals surface area contributed by atoms with Crippen molar-refractivity contribution in [3.05, 3.63) is 35.6 Å². The van der Waals surface area contributed by atoms with Crippen LogP contribution in [-0.2, 0) is 0 Å². The van der Waals surface area contributed by atoms with Gasteiger partial charge in [-0.05, 0) is 46.1 Å². The van der Waals surface area contributed by atoms with Crippen LogP contribution in [-0.4, -0.2) is 50.1 Å². The third-order valence-electron chi connectivity index (χ3n) is 3.46. The molecule has 1 atom stereocenters. The average molecular weight is 281 g/mol. The number of benzene rings is 1. The van der Waals surface area contributed by atoms with Gasteiger partial charge in [0.15, 0.2) is 0 Å². The molecule has 1 unspecified atom stereocenters. The molecule has 0 aliphatic carbocycles. The number of hydrogen-bond acceptors (Lipinski definition) is 3. The Labute approximate surface area is 122 Å². The zero-order valence-corrected chi connectivity index (χ0v) is 13.0. The Morgan fingerprint density at radius 3 is 2.40 bits per heavy atom. The number of nitrogens with two attached hydrogens (primary N) is 1. The summed E-state index contributed by atoms with van der Waals surface area (Å²) >= 11 is 0. The van der Waals surface area contributed by atoms with Gasteiger partial charge in [-0.2, -0.15) is 0 Å². The Balaban J connectivity index is 2.47. The number of likely N-dealkylation sites (N-methyl/N-ethyl adjacent to an activating group) is 1. The molecule has 0 heterocycles. The van der Waals surface area contributed by atoms with Crippen LogP contribution in [0.2, 0.25) is 0 Å². The highest BCUT2D eigenvalue weighted by Gasteiger charge is 2.12. The first-order chi connectivity index (χ1) is 9.54. The fourth-order valence-electron chi connectivity index (χ4n) is 2.25. The molecule has 0 amide bonds. The van der Waals surface area contributed by atoms with E-state index in [1.807, 2.05) is 6.07 Å². The van der Waals surface area contributed by atoms with Crippen molar-refractivity contribution in [3.63, 3.8) is 0 Å². The van der Waals surface area contributed by atoms with E-state index in [2.05, 4.69) is 30.8 Å². The van der Waals surface area contributed by atoms with Gasteiger partial charge in [0.1, 0.15) is 5.82 Å². The van der Waals surface area contributed by atoms with Crippen LogP contribution in [0.1, 0.15) is 31.4 Å². The normalized spacial score (nSPS) is 13.2. The molecule has 0 aromatic heterocycles. The van der Waals surface area contributed by atoms with Gasteiger partial charge in [-0.3, -0.25) is 0 Å². The van der Waals surface area contributed by atoms with Crippen molar-refractivity contribution in [2.75, 3.05) is 40.3 Å². The summed E-state index contributed by atoms with van der Waals surface area (Å²) in [5.41, 5.74) is 6.74. The summed E-state index contributed by atoms with van der Waals surface area (Å²) < 4.78 is 13.7. The quantitative estimate of drug-likeness (QED) is 0.755. The third-order valence-corrected chi connectivity index (χ3v) is 3.46. The number of halogens is 1. The lowest BCUT2D eigenvalue weighted by atomic mass is 10.0. The third kappa shape index (κ3) is 5.99. The van der Waals surface area contributed by atoms with Crippen LogP contribution in [0.25, 0.3) is 0 Å². The molecule has 0 spiro atoms. The second kappa shape index (κ2) is 9.06. The van der Waals surface area contributed by atoms with E-state index in [4.69, 9.17) is 5.73 Å². The fourth-order valence-corrected chi connectivity index (χ4v) is 2.25. The topological polar surface area (TPSA) is 32.5 Å². The van der Waals surface area contributed by atoms with Crippen molar-refractivity contribution in [1.29, 1.82) is 0 Å². The predicted molar refractivity (Wildman–Crippen MR) is 83.2 cm³/mol. The van der Waals surface area contributed by atoms with E-state index >= 15 is 0 Å². The molecule has 0 fully saturated rings. The van der Waals surface area contributed by atoms with Gasteiger partial charge >= 0.3 is 0 Å². The maximum absolute atomic E-state index is 13.7. The number of rotatable bonds is 9. The van der Waals surface area contributed by atoms with Gasteiger partial charge in [0, 0.05) is 24.7 Å². The molecule has 3 nitrogen and oxygen atoms in total. The predicted octanol–water partition coefficient (Wildman–Crippen LogP) is 2.49. The van der Waals surface area contributed by atoms with Crippen LogP contribution in [0, 0.1) is 5.82 Å². The molecule has 1 rings (SSSR count). The largest absolute Gasteiger partial charge is 0.324 e. The van der Waals surface area contributed by atoms with Gasteiger partial charge in [-0.25, -0.2) is 4.39 Å². The highest BCUT2D eigenvalue weighted by Crippen LogP contribution is 2.17. The van der Waals surface area contributed by atoms with Gasteiger partial charge in [0.05, 0.1) is 0 Å². The fraction of sp³-hybridized carbons (Fsp3) is 0.625. The standard InChI is InChI=1S/C16H28FN3/c1-4-10-20(13-12-19(2)3)11-9-16(18)14-7-5-6-8-15(14)17/h5-8,16H,4,9-13,18H2,1-3H3. The van der Waals surface area contributed by atoms with Crippen molar-refractivity contribution in [2.24, 2.45) is 5.73 Å². The Morgan fingerprint density at radius 1 is 1.10 bits per heavy atom. The first-order valence-electron chi connectivity index (χ1n) is 7.41. The van der Waals surface area contributed by atoms with E-state index in [0.29, 0.717) is 5.56 Å². The van der Waals surface area contributed by atoms with Gasteiger partial charge in [0.2, 0.25) is 0 Å². The van der Waals surface area contributed by atoms with E-state index in [9.17, 15) is 4.39 Å². The maximum atomic E-state index is 13.7. The van der Waals surface area contributed by atoms with Crippen LogP contribution in [0.3, 0.4) is 0 Å². The molecule has 0 aliphatic rings. The molecule has 0 saturated heterocycles. The van der Waals surface area contributed by atoms with E-state index < -0.39 is 0 Å². The summed E-state index contributed by atoms with van der Waals surface area (Å²) in [6, 6.07) is 6.57. The molecule has 4 heteroatoms. The van der Waals surface area contributed by atoms with Crippen LogP contribution in [0.5, 0.6) is 0 Å². The lowest BCUT2D eigenvalue weighted by Gasteiger charge is -2.25. The summed E-state index contributed by atoms with van der Waals surface area (Å²) in [6.07, 6.45) is 1.91. The molecule has 2 N–H and O–H groups in total. The first-order valence-corrected chi connectivity index (χ1v) is 7.41. The Morgan fingerprint density at radius 2 is 1.80 bits per heavy atom. The van der Waals surface area contributed by atoms with E-state index in [-0.39, 0.29) is 11.9 Å². The van der Waals surface area contributed by atoms with Crippen LogP contribution in [0.15, 0.2) is 24.3 Å². The first kappa shape index (κ1) is 17.1. The Bertz CT molecular complexity index is 382. The van der Waals surface area contributed by atoms with Crippen molar-refractivity contribution in [2.45, 2.75) is 25.8 Å². The van der Waals surface area contributed by atoms with Crippen molar-refractivity contribution in [1.82, 2.24) is 9.80 Å². The second-order valence-corrected chi connectivity index (χ2v) is 5.56. The van der Waals surface area contributed by atoms with Gasteiger partial charge in [0.25, 0.3) is 0 Å². The molecular weight excluding hydrogens is 253 g/mol. The van der Waals surface area contributed by atoms with Gasteiger partial charge in [-0.1, -0.05) is 25.1 Å². The second-order valence-electron chi connectivity index (χ2n) is 5.56. The summed E-state index contributed by atoms with van der Waals surface area (Å²) in [5, 5.41) is 0. The minimum absolute atomic E-state index is 0.199. The number of nitrogens with zero attached hydrogens (tertiary/aromatic N) is 2. The van der Waals surface area contributed by atoms with E-state index in [0.717, 1.165) is 39.0 Å². The minimum atomic E-state index is -0.227. The molecule has 114 valence electrons. The smallest absolute Gasteiger partial charge is 0.127 e. The molecule has 0 radical (unpaired) electrons. The molecule has 0 saturated carbocycles. The zero-order valence-electron chi connectivity index (χ0n) is 13.0. The highest BCUT2D eigenvalue weighted by atomic mass is 19.1. The molecule has 0 aliphatic heterocycles. The molecule has 1 aromatic carbocycles. The summed E-state index contributed by atoms with van der Waals surface area (Å²) in [4.78, 5) is 4.58. The monoisotopic (exact) mass is 281 g/mol.